The van der Waals surface area contributed by atoms with Gasteiger partial charge in [0.15, 0.2) is 0 Å². The minimum atomic E-state index is -0.823. The molecular weight excluding hydrogens is 430 g/mol. The van der Waals surface area contributed by atoms with Crippen molar-refractivity contribution in [2.24, 2.45) is 11.8 Å². The van der Waals surface area contributed by atoms with Crippen LogP contribution in [0.3, 0.4) is 0 Å². The van der Waals surface area contributed by atoms with Crippen LogP contribution >= 0.6 is 11.6 Å². The number of imide groups is 1. The van der Waals surface area contributed by atoms with Crippen molar-refractivity contribution >= 4 is 46.8 Å². The Balaban J connectivity index is 1.55. The van der Waals surface area contributed by atoms with Crippen LogP contribution in [0.25, 0.3) is 6.08 Å². The Hall–Kier alpha value is -3.16. The zero-order valence-electron chi connectivity index (χ0n) is 17.4. The first kappa shape index (κ1) is 20.7. The standard InChI is InChI=1S/C24H22ClN3O4/c1-32-13-12-27-23(30)19-18-11-6-14-4-2-3-5-17(14)28(18)21(20(19)24(27)31)22(29)26-16-9-7-15(25)8-10-16/h2-11,18-21H,12-13H2,1H3,(H,26,29)/t18-,19-,20-,21-/m0/s1. The number of hydrogen-bond acceptors (Lipinski definition) is 5. The molecular formula is C24H22ClN3O4. The number of fused-ring (bicyclic) bond motifs is 5. The Morgan fingerprint density at radius 2 is 1.78 bits per heavy atom. The SMILES string of the molecule is COCCN1C(=O)[C@@H]2[C@H](C1=O)[C@@H](C(=O)Nc1ccc(Cl)cc1)N1c3ccccc3C=C[C@@H]21. The molecule has 164 valence electrons. The average Bonchev–Trinajstić information content (AvgIpc) is 3.27. The summed E-state index contributed by atoms with van der Waals surface area (Å²) in [6, 6.07) is 13.3. The second-order valence-electron chi connectivity index (χ2n) is 8.13. The Bertz CT molecular complexity index is 1120. The first-order valence-electron chi connectivity index (χ1n) is 10.5. The molecule has 0 radical (unpaired) electrons. The molecule has 7 nitrogen and oxygen atoms in total. The summed E-state index contributed by atoms with van der Waals surface area (Å²) in [5.41, 5.74) is 2.37. The van der Waals surface area contributed by atoms with Gasteiger partial charge in [0.1, 0.15) is 6.04 Å². The van der Waals surface area contributed by atoms with Gasteiger partial charge in [0.2, 0.25) is 17.7 Å². The smallest absolute Gasteiger partial charge is 0.247 e. The van der Waals surface area contributed by atoms with Gasteiger partial charge in [-0.3, -0.25) is 19.3 Å². The predicted molar refractivity (Wildman–Crippen MR) is 121 cm³/mol. The van der Waals surface area contributed by atoms with E-state index in [9.17, 15) is 14.4 Å². The molecule has 2 aromatic rings. The second-order valence-corrected chi connectivity index (χ2v) is 8.57. The summed E-state index contributed by atoms with van der Waals surface area (Å²) >= 11 is 5.96. The fourth-order valence-corrected chi connectivity index (χ4v) is 5.15. The normalized spacial score (nSPS) is 25.6. The number of likely N-dealkylation sites (tertiary alicyclic amines) is 1. The molecule has 8 heteroatoms. The number of halogens is 1. The van der Waals surface area contributed by atoms with E-state index in [-0.39, 0.29) is 36.9 Å². The third-order valence-corrected chi connectivity index (χ3v) is 6.66. The van der Waals surface area contributed by atoms with Gasteiger partial charge in [-0.25, -0.2) is 0 Å². The number of amides is 3. The molecule has 4 atom stereocenters. The molecule has 3 aliphatic heterocycles. The van der Waals surface area contributed by atoms with Gasteiger partial charge >= 0.3 is 0 Å². The molecule has 5 rings (SSSR count). The summed E-state index contributed by atoms with van der Waals surface area (Å²) in [5, 5.41) is 3.47. The minimum absolute atomic E-state index is 0.180. The minimum Gasteiger partial charge on any atom is -0.383 e. The third-order valence-electron chi connectivity index (χ3n) is 6.41. The number of para-hydroxylation sites is 1. The molecule has 2 saturated heterocycles. The molecule has 0 spiro atoms. The van der Waals surface area contributed by atoms with Gasteiger partial charge in [-0.2, -0.15) is 0 Å². The van der Waals surface area contributed by atoms with E-state index in [1.807, 2.05) is 41.3 Å². The summed E-state index contributed by atoms with van der Waals surface area (Å²) in [4.78, 5) is 43.4. The summed E-state index contributed by atoms with van der Waals surface area (Å²) in [7, 11) is 1.52. The number of ether oxygens (including phenoxy) is 1. The number of nitrogens with one attached hydrogen (secondary N) is 1. The van der Waals surface area contributed by atoms with Crippen LogP contribution in [-0.4, -0.2) is 55.0 Å². The van der Waals surface area contributed by atoms with Crippen LogP contribution in [0.5, 0.6) is 0 Å². The average molecular weight is 452 g/mol. The van der Waals surface area contributed by atoms with Gasteiger partial charge in [-0.05, 0) is 35.9 Å². The first-order chi connectivity index (χ1) is 15.5. The van der Waals surface area contributed by atoms with Crippen molar-refractivity contribution in [1.29, 1.82) is 0 Å². The monoisotopic (exact) mass is 451 g/mol. The fourth-order valence-electron chi connectivity index (χ4n) is 5.03. The van der Waals surface area contributed by atoms with Crippen LogP contribution in [0.4, 0.5) is 11.4 Å². The Morgan fingerprint density at radius 1 is 1.06 bits per heavy atom. The summed E-state index contributed by atoms with van der Waals surface area (Å²) in [6.07, 6.45) is 3.89. The second kappa shape index (κ2) is 8.07. The van der Waals surface area contributed by atoms with Crippen molar-refractivity contribution in [2.45, 2.75) is 12.1 Å². The zero-order chi connectivity index (χ0) is 22.4. The van der Waals surface area contributed by atoms with E-state index in [4.69, 9.17) is 16.3 Å². The highest BCUT2D eigenvalue weighted by Crippen LogP contribution is 2.48. The van der Waals surface area contributed by atoms with Gasteiger partial charge in [0, 0.05) is 23.5 Å². The van der Waals surface area contributed by atoms with Crippen LogP contribution in [0.1, 0.15) is 5.56 Å². The van der Waals surface area contributed by atoms with Gasteiger partial charge in [0.25, 0.3) is 0 Å². The van der Waals surface area contributed by atoms with Gasteiger partial charge in [-0.1, -0.05) is 42.0 Å². The molecule has 1 N–H and O–H groups in total. The van der Waals surface area contributed by atoms with Crippen LogP contribution in [0.15, 0.2) is 54.6 Å². The lowest BCUT2D eigenvalue weighted by Crippen LogP contribution is -2.50. The van der Waals surface area contributed by atoms with Crippen molar-refractivity contribution in [2.75, 3.05) is 30.5 Å². The molecule has 0 aromatic heterocycles. The molecule has 3 aliphatic rings. The quantitative estimate of drug-likeness (QED) is 0.707. The predicted octanol–water partition coefficient (Wildman–Crippen LogP) is 2.81. The number of carbonyl (C=O) groups excluding carboxylic acids is 3. The van der Waals surface area contributed by atoms with Crippen LogP contribution in [-0.2, 0) is 19.1 Å². The summed E-state index contributed by atoms with van der Waals surface area (Å²) < 4.78 is 5.08. The van der Waals surface area contributed by atoms with Crippen molar-refractivity contribution in [3.05, 3.63) is 65.2 Å². The van der Waals surface area contributed by atoms with E-state index < -0.39 is 17.9 Å². The van der Waals surface area contributed by atoms with Crippen molar-refractivity contribution in [3.63, 3.8) is 0 Å². The lowest BCUT2D eigenvalue weighted by Gasteiger charge is -2.36. The summed E-state index contributed by atoms with van der Waals surface area (Å²) in [6.45, 7) is 0.436. The number of carbonyl (C=O) groups is 3. The highest BCUT2D eigenvalue weighted by molar-refractivity contribution is 6.30. The molecule has 3 heterocycles. The number of hydrogen-bond donors (Lipinski definition) is 1. The highest BCUT2D eigenvalue weighted by Gasteiger charge is 2.63. The van der Waals surface area contributed by atoms with Gasteiger partial charge in [0.05, 0.1) is 31.0 Å². The van der Waals surface area contributed by atoms with Crippen LogP contribution < -0.4 is 10.2 Å². The van der Waals surface area contributed by atoms with Crippen LogP contribution in [0, 0.1) is 11.8 Å². The first-order valence-corrected chi connectivity index (χ1v) is 10.8. The summed E-state index contributed by atoms with van der Waals surface area (Å²) in [5.74, 6) is -2.30. The van der Waals surface area contributed by atoms with E-state index in [1.165, 1.54) is 12.0 Å². The lowest BCUT2D eigenvalue weighted by molar-refractivity contribution is -0.141. The largest absolute Gasteiger partial charge is 0.383 e. The highest BCUT2D eigenvalue weighted by atomic mass is 35.5. The van der Waals surface area contributed by atoms with Crippen molar-refractivity contribution in [1.82, 2.24) is 4.90 Å². The topological polar surface area (TPSA) is 78.9 Å². The molecule has 2 aromatic carbocycles. The molecule has 0 saturated carbocycles. The molecule has 0 aliphatic carbocycles. The number of anilines is 2. The van der Waals surface area contributed by atoms with E-state index >= 15 is 0 Å². The van der Waals surface area contributed by atoms with E-state index in [0.717, 1.165) is 11.3 Å². The number of benzene rings is 2. The maximum atomic E-state index is 13.6. The molecule has 0 bridgehead atoms. The van der Waals surface area contributed by atoms with Gasteiger partial charge < -0.3 is 15.0 Å². The molecule has 0 unspecified atom stereocenters. The Kier molecular flexibility index (Phi) is 5.23. The van der Waals surface area contributed by atoms with Crippen molar-refractivity contribution in [3.8, 4) is 0 Å². The molecule has 32 heavy (non-hydrogen) atoms. The maximum Gasteiger partial charge on any atom is 0.247 e. The zero-order valence-corrected chi connectivity index (χ0v) is 18.2. The number of nitrogens with zero attached hydrogens (tertiary/aromatic N) is 2. The van der Waals surface area contributed by atoms with E-state index in [1.54, 1.807) is 24.3 Å². The van der Waals surface area contributed by atoms with E-state index in [0.29, 0.717) is 10.7 Å². The third kappa shape index (κ3) is 3.20. The fraction of sp³-hybridized carbons (Fsp3) is 0.292. The Labute approximate surface area is 190 Å². The Morgan fingerprint density at radius 3 is 2.53 bits per heavy atom. The van der Waals surface area contributed by atoms with E-state index in [2.05, 4.69) is 5.32 Å². The van der Waals surface area contributed by atoms with Gasteiger partial charge in [-0.15, -0.1) is 0 Å². The lowest BCUT2D eigenvalue weighted by atomic mass is 9.88. The number of rotatable bonds is 5. The maximum absolute atomic E-state index is 13.6. The number of methoxy groups -OCH3 is 1. The van der Waals surface area contributed by atoms with Crippen molar-refractivity contribution < 1.29 is 19.1 Å². The molecule has 2 fully saturated rings. The molecule has 3 amide bonds. The van der Waals surface area contributed by atoms with Crippen LogP contribution in [0.2, 0.25) is 5.02 Å².